The van der Waals surface area contributed by atoms with Crippen LogP contribution in [0.4, 0.5) is 0 Å². The smallest absolute Gasteiger partial charge is 0.190 e. The summed E-state index contributed by atoms with van der Waals surface area (Å²) in [5.41, 5.74) is 0.260. The highest BCUT2D eigenvalue weighted by Gasteiger charge is 2.65. The molecule has 0 radical (unpaired) electrons. The number of ether oxygens (including phenoxy) is 1. The molecule has 0 amide bonds. The molecule has 0 aromatic heterocycles. The van der Waals surface area contributed by atoms with Crippen LogP contribution < -0.4 is 0 Å². The summed E-state index contributed by atoms with van der Waals surface area (Å²) in [5.74, 6) is -0.0355. The molecule has 1 saturated heterocycles. The second-order valence-corrected chi connectivity index (χ2v) is 4.30. The number of ketones is 1. The Labute approximate surface area is 93.4 Å². The van der Waals surface area contributed by atoms with Gasteiger partial charge in [0.15, 0.2) is 11.4 Å². The van der Waals surface area contributed by atoms with Gasteiger partial charge in [-0.25, -0.2) is 0 Å². The van der Waals surface area contributed by atoms with Gasteiger partial charge >= 0.3 is 0 Å². The van der Waals surface area contributed by atoms with Gasteiger partial charge in [0.2, 0.25) is 0 Å². The number of fused-ring (bicyclic) bond motifs is 1. The number of aliphatic hydroxyl groups excluding tert-OH is 1. The van der Waals surface area contributed by atoms with Gasteiger partial charge in [-0.2, -0.15) is 0 Å². The summed E-state index contributed by atoms with van der Waals surface area (Å²) in [6.45, 7) is 0. The predicted molar refractivity (Wildman–Crippen MR) is 57.9 cm³/mol. The fourth-order valence-corrected chi connectivity index (χ4v) is 2.29. The third-order valence-electron chi connectivity index (χ3n) is 3.22. The largest absolute Gasteiger partial charge is 0.386 e. The van der Waals surface area contributed by atoms with Crippen molar-refractivity contribution in [3.05, 3.63) is 48.0 Å². The number of aliphatic hydroxyl groups is 1. The highest BCUT2D eigenvalue weighted by atomic mass is 16.6. The van der Waals surface area contributed by atoms with Crippen molar-refractivity contribution in [3.8, 4) is 0 Å². The molecule has 0 spiro atoms. The summed E-state index contributed by atoms with van der Waals surface area (Å²) in [5, 5.41) is 9.62. The van der Waals surface area contributed by atoms with Gasteiger partial charge in [-0.3, -0.25) is 4.79 Å². The predicted octanol–water partition coefficient (Wildman–Crippen LogP) is 0.866. The van der Waals surface area contributed by atoms with Crippen LogP contribution in [0.2, 0.25) is 0 Å². The van der Waals surface area contributed by atoms with Crippen LogP contribution in [0.15, 0.2) is 42.5 Å². The van der Waals surface area contributed by atoms with E-state index in [4.69, 9.17) is 4.74 Å². The van der Waals surface area contributed by atoms with E-state index in [2.05, 4.69) is 0 Å². The minimum absolute atomic E-state index is 0.0355. The lowest BCUT2D eigenvalue weighted by molar-refractivity contribution is -0.119. The Morgan fingerprint density at radius 3 is 2.81 bits per heavy atom. The Bertz CT molecular complexity index is 452. The van der Waals surface area contributed by atoms with Crippen molar-refractivity contribution in [2.24, 2.45) is 0 Å². The maximum absolute atomic E-state index is 11.8. The monoisotopic (exact) mass is 216 g/mol. The van der Waals surface area contributed by atoms with E-state index < -0.39 is 11.7 Å². The second-order valence-electron chi connectivity index (χ2n) is 4.30. The molecular weight excluding hydrogens is 204 g/mol. The molecule has 82 valence electrons. The van der Waals surface area contributed by atoms with Gasteiger partial charge in [0, 0.05) is 6.42 Å². The fraction of sp³-hybridized carbons (Fsp3) is 0.308. The first-order valence-corrected chi connectivity index (χ1v) is 5.35. The van der Waals surface area contributed by atoms with Crippen LogP contribution in [0.25, 0.3) is 0 Å². The van der Waals surface area contributed by atoms with Crippen LogP contribution >= 0.6 is 0 Å². The number of carbonyl (C=O) groups is 1. The standard InChI is InChI=1S/C13H12O3/c14-10-6-7-11(15)13(12(10)16-13)8-9-4-2-1-3-5-9/h1-7,10,12,14H,8H2. The molecule has 1 aromatic carbocycles. The van der Waals surface area contributed by atoms with Crippen LogP contribution in [0.1, 0.15) is 5.56 Å². The van der Waals surface area contributed by atoms with E-state index >= 15 is 0 Å². The Kier molecular flexibility index (Phi) is 1.99. The number of hydrogen-bond donors (Lipinski definition) is 1. The summed E-state index contributed by atoms with van der Waals surface area (Å²) in [6, 6.07) is 9.73. The number of rotatable bonds is 2. The molecule has 1 aromatic rings. The third kappa shape index (κ3) is 1.32. The highest BCUT2D eigenvalue weighted by Crippen LogP contribution is 2.45. The van der Waals surface area contributed by atoms with Crippen LogP contribution in [-0.4, -0.2) is 28.7 Å². The molecule has 3 atom stereocenters. The first-order valence-electron chi connectivity index (χ1n) is 5.35. The molecule has 0 bridgehead atoms. The summed E-state index contributed by atoms with van der Waals surface area (Å²) < 4.78 is 5.43. The van der Waals surface area contributed by atoms with E-state index in [1.165, 1.54) is 12.2 Å². The normalized spacial score (nSPS) is 35.9. The average molecular weight is 216 g/mol. The lowest BCUT2D eigenvalue weighted by atomic mass is 9.86. The lowest BCUT2D eigenvalue weighted by Crippen LogP contribution is -2.36. The first-order chi connectivity index (χ1) is 7.72. The molecule has 1 aliphatic heterocycles. The van der Waals surface area contributed by atoms with Gasteiger partial charge in [0.25, 0.3) is 0 Å². The Hall–Kier alpha value is -1.45. The van der Waals surface area contributed by atoms with Crippen molar-refractivity contribution in [2.75, 3.05) is 0 Å². The molecule has 1 fully saturated rings. The number of benzene rings is 1. The topological polar surface area (TPSA) is 49.8 Å². The zero-order valence-corrected chi connectivity index (χ0v) is 8.67. The van der Waals surface area contributed by atoms with Crippen molar-refractivity contribution in [1.29, 1.82) is 0 Å². The number of epoxide rings is 1. The number of hydrogen-bond acceptors (Lipinski definition) is 3. The molecule has 3 unspecified atom stereocenters. The van der Waals surface area contributed by atoms with Crippen LogP contribution in [0.5, 0.6) is 0 Å². The zero-order chi connectivity index (χ0) is 11.2. The van der Waals surface area contributed by atoms with Crippen molar-refractivity contribution in [2.45, 2.75) is 24.2 Å². The fourth-order valence-electron chi connectivity index (χ4n) is 2.29. The van der Waals surface area contributed by atoms with E-state index in [9.17, 15) is 9.90 Å². The molecule has 2 aliphatic rings. The summed E-state index contributed by atoms with van der Waals surface area (Å²) in [7, 11) is 0. The Balaban J connectivity index is 1.87. The summed E-state index contributed by atoms with van der Waals surface area (Å²) >= 11 is 0. The maximum atomic E-state index is 11.8. The SMILES string of the molecule is O=C1C=CC(O)C2OC12Cc1ccccc1. The van der Waals surface area contributed by atoms with E-state index in [-0.39, 0.29) is 11.9 Å². The Morgan fingerprint density at radius 1 is 1.31 bits per heavy atom. The van der Waals surface area contributed by atoms with Gasteiger partial charge in [-0.1, -0.05) is 30.3 Å². The minimum Gasteiger partial charge on any atom is -0.386 e. The zero-order valence-electron chi connectivity index (χ0n) is 8.67. The molecule has 1 N–H and O–H groups in total. The van der Waals surface area contributed by atoms with Crippen molar-refractivity contribution >= 4 is 5.78 Å². The second kappa shape index (κ2) is 3.27. The average Bonchev–Trinajstić information content (AvgIpc) is 3.02. The van der Waals surface area contributed by atoms with Crippen molar-refractivity contribution in [1.82, 2.24) is 0 Å². The third-order valence-corrected chi connectivity index (χ3v) is 3.22. The van der Waals surface area contributed by atoms with Gasteiger partial charge in [0.1, 0.15) is 12.2 Å². The van der Waals surface area contributed by atoms with E-state index in [1.54, 1.807) is 0 Å². The lowest BCUT2D eigenvalue weighted by Gasteiger charge is -2.14. The maximum Gasteiger partial charge on any atom is 0.190 e. The van der Waals surface area contributed by atoms with Crippen LogP contribution in [0, 0.1) is 0 Å². The minimum atomic E-state index is -0.796. The van der Waals surface area contributed by atoms with Gasteiger partial charge in [-0.05, 0) is 17.7 Å². The van der Waals surface area contributed by atoms with Gasteiger partial charge in [-0.15, -0.1) is 0 Å². The van der Waals surface area contributed by atoms with Gasteiger partial charge < -0.3 is 9.84 Å². The van der Waals surface area contributed by atoms with E-state index in [0.717, 1.165) is 5.56 Å². The van der Waals surface area contributed by atoms with Crippen molar-refractivity contribution < 1.29 is 14.6 Å². The Morgan fingerprint density at radius 2 is 2.06 bits per heavy atom. The number of carbonyl (C=O) groups excluding carboxylic acids is 1. The molecule has 16 heavy (non-hydrogen) atoms. The molecule has 1 heterocycles. The molecule has 3 rings (SSSR count). The van der Waals surface area contributed by atoms with E-state index in [1.807, 2.05) is 30.3 Å². The molecule has 0 saturated carbocycles. The van der Waals surface area contributed by atoms with Crippen molar-refractivity contribution in [3.63, 3.8) is 0 Å². The summed E-state index contributed by atoms with van der Waals surface area (Å²) in [4.78, 5) is 11.8. The highest BCUT2D eigenvalue weighted by molar-refractivity contribution is 6.01. The summed E-state index contributed by atoms with van der Waals surface area (Å²) in [6.07, 6.45) is 2.46. The molecule has 3 heteroatoms. The molecule has 3 nitrogen and oxygen atoms in total. The molecular formula is C13H12O3. The van der Waals surface area contributed by atoms with Gasteiger partial charge in [0.05, 0.1) is 0 Å². The quantitative estimate of drug-likeness (QED) is 0.746. The van der Waals surface area contributed by atoms with E-state index in [0.29, 0.717) is 6.42 Å². The first kappa shape index (κ1) is 9.75. The van der Waals surface area contributed by atoms with Crippen LogP contribution in [-0.2, 0) is 16.0 Å². The molecule has 1 aliphatic carbocycles. The van der Waals surface area contributed by atoms with Crippen LogP contribution in [0.3, 0.4) is 0 Å².